The highest BCUT2D eigenvalue weighted by atomic mass is 79.9. The van der Waals surface area contributed by atoms with Gasteiger partial charge in [0.15, 0.2) is 0 Å². The van der Waals surface area contributed by atoms with Gasteiger partial charge in [-0.15, -0.1) is 4.83 Å². The molecule has 8 nitrogen and oxygen atoms in total. The van der Waals surface area contributed by atoms with Crippen LogP contribution in [-0.4, -0.2) is 33.4 Å². The molecule has 0 aromatic heterocycles. The lowest BCUT2D eigenvalue weighted by molar-refractivity contribution is -0.139. The number of carbonyl (C=O) groups excluding carboxylic acids is 2. The van der Waals surface area contributed by atoms with Crippen LogP contribution in [0.5, 0.6) is 5.75 Å². The Hall–Kier alpha value is -1.65. The van der Waals surface area contributed by atoms with Crippen LogP contribution in [0.4, 0.5) is 0 Å². The van der Waals surface area contributed by atoms with Gasteiger partial charge in [-0.25, -0.2) is 8.42 Å². The Morgan fingerprint density at radius 3 is 2.55 bits per heavy atom. The number of ether oxygens (including phenoxy) is 1. The summed E-state index contributed by atoms with van der Waals surface area (Å²) in [6.07, 6.45) is 1.64. The van der Waals surface area contributed by atoms with Gasteiger partial charge in [0.25, 0.3) is 10.0 Å². The van der Waals surface area contributed by atoms with Crippen LogP contribution >= 0.6 is 15.9 Å². The Labute approximate surface area is 135 Å². The summed E-state index contributed by atoms with van der Waals surface area (Å²) in [5, 5.41) is 2.44. The summed E-state index contributed by atoms with van der Waals surface area (Å²) in [5.41, 5.74) is 1.87. The third-order valence-corrected chi connectivity index (χ3v) is 4.60. The van der Waals surface area contributed by atoms with E-state index in [2.05, 4.69) is 21.2 Å². The number of hydrazine groups is 1. The van der Waals surface area contributed by atoms with Gasteiger partial charge in [-0.2, -0.15) is 0 Å². The summed E-state index contributed by atoms with van der Waals surface area (Å²) >= 11 is 3.16. The molecular weight excluding hydrogens is 378 g/mol. The first-order valence-electron chi connectivity index (χ1n) is 6.29. The van der Waals surface area contributed by atoms with Gasteiger partial charge in [0.2, 0.25) is 0 Å². The third kappa shape index (κ3) is 4.18. The molecule has 1 saturated carbocycles. The third-order valence-electron chi connectivity index (χ3n) is 2.83. The van der Waals surface area contributed by atoms with E-state index >= 15 is 0 Å². The summed E-state index contributed by atoms with van der Waals surface area (Å²) < 4.78 is 29.8. The molecule has 0 unspecified atom stereocenters. The van der Waals surface area contributed by atoms with Crippen LogP contribution in [0.2, 0.25) is 0 Å². The maximum absolute atomic E-state index is 12.2. The van der Waals surface area contributed by atoms with Crippen molar-refractivity contribution in [1.82, 2.24) is 15.6 Å². The summed E-state index contributed by atoms with van der Waals surface area (Å²) in [5.74, 6) is -1.86. The highest BCUT2D eigenvalue weighted by Gasteiger charge is 2.27. The minimum atomic E-state index is -4.08. The lowest BCUT2D eigenvalue weighted by Gasteiger charge is -2.11. The number of carbonyl (C=O) groups is 2. The summed E-state index contributed by atoms with van der Waals surface area (Å²) in [7, 11) is -2.76. The Kier molecular flexibility index (Phi) is 5.04. The van der Waals surface area contributed by atoms with Gasteiger partial charge >= 0.3 is 11.8 Å². The minimum Gasteiger partial charge on any atom is -0.495 e. The highest BCUT2D eigenvalue weighted by molar-refractivity contribution is 9.10. The molecule has 1 aromatic carbocycles. The van der Waals surface area contributed by atoms with E-state index in [0.29, 0.717) is 4.47 Å². The monoisotopic (exact) mass is 391 g/mol. The van der Waals surface area contributed by atoms with E-state index in [4.69, 9.17) is 4.74 Å². The first-order valence-corrected chi connectivity index (χ1v) is 8.57. The normalized spacial score (nSPS) is 14.3. The van der Waals surface area contributed by atoms with Crippen LogP contribution in [-0.2, 0) is 19.6 Å². The molecule has 0 radical (unpaired) electrons. The van der Waals surface area contributed by atoms with Gasteiger partial charge in [-0.05, 0) is 31.0 Å². The van der Waals surface area contributed by atoms with Crippen molar-refractivity contribution in [2.24, 2.45) is 0 Å². The number of rotatable bonds is 5. The fourth-order valence-corrected chi connectivity index (χ4v) is 3.11. The molecule has 22 heavy (non-hydrogen) atoms. The fourth-order valence-electron chi connectivity index (χ4n) is 1.56. The number of amides is 2. The molecule has 0 bridgehead atoms. The topological polar surface area (TPSA) is 114 Å². The molecule has 0 atom stereocenters. The standard InChI is InChI=1S/C12H14BrN3O5S/c1-21-9-5-2-7(13)6-10(9)22(19,20)16-15-12(18)11(17)14-8-3-4-8/h2,5-6,8,16H,3-4H2,1H3,(H,14,17)(H,15,18). The average molecular weight is 392 g/mol. The Morgan fingerprint density at radius 1 is 1.27 bits per heavy atom. The number of benzene rings is 1. The lowest BCUT2D eigenvalue weighted by Crippen LogP contribution is -2.48. The fraction of sp³-hybridized carbons (Fsp3) is 0.333. The molecule has 1 fully saturated rings. The summed E-state index contributed by atoms with van der Waals surface area (Å²) in [6, 6.07) is 4.39. The van der Waals surface area contributed by atoms with E-state index in [9.17, 15) is 18.0 Å². The lowest BCUT2D eigenvalue weighted by atomic mass is 10.3. The van der Waals surface area contributed by atoms with E-state index in [0.717, 1.165) is 12.8 Å². The van der Waals surface area contributed by atoms with Crippen LogP contribution in [0.1, 0.15) is 12.8 Å². The smallest absolute Gasteiger partial charge is 0.324 e. The molecule has 1 aliphatic carbocycles. The number of nitrogens with one attached hydrogen (secondary N) is 3. The van der Waals surface area contributed by atoms with Crippen molar-refractivity contribution in [2.45, 2.75) is 23.8 Å². The van der Waals surface area contributed by atoms with Crippen LogP contribution in [0.3, 0.4) is 0 Å². The van der Waals surface area contributed by atoms with Crippen molar-refractivity contribution in [2.75, 3.05) is 7.11 Å². The van der Waals surface area contributed by atoms with Crippen molar-refractivity contribution >= 4 is 37.8 Å². The molecule has 1 aliphatic rings. The summed E-state index contributed by atoms with van der Waals surface area (Å²) in [4.78, 5) is 24.6. The second kappa shape index (κ2) is 6.63. The minimum absolute atomic E-state index is 0.0000277. The van der Waals surface area contributed by atoms with E-state index in [1.807, 2.05) is 10.3 Å². The maximum Gasteiger partial charge on any atom is 0.324 e. The number of halogens is 1. The molecule has 0 saturated heterocycles. The van der Waals surface area contributed by atoms with E-state index in [1.54, 1.807) is 6.07 Å². The average Bonchev–Trinajstić information content (AvgIpc) is 3.28. The molecule has 0 heterocycles. The van der Waals surface area contributed by atoms with Crippen molar-refractivity contribution in [3.63, 3.8) is 0 Å². The van der Waals surface area contributed by atoms with Crippen molar-refractivity contribution < 1.29 is 22.7 Å². The molecule has 0 aliphatic heterocycles. The van der Waals surface area contributed by atoms with Crippen LogP contribution in [0, 0.1) is 0 Å². The zero-order valence-corrected chi connectivity index (χ0v) is 14.0. The molecule has 2 amide bonds. The molecular formula is C12H14BrN3O5S. The maximum atomic E-state index is 12.2. The zero-order chi connectivity index (χ0) is 16.3. The number of hydrogen-bond donors (Lipinski definition) is 3. The quantitative estimate of drug-likeness (QED) is 0.484. The van der Waals surface area contributed by atoms with Crippen LogP contribution in [0.15, 0.2) is 27.6 Å². The summed E-state index contributed by atoms with van der Waals surface area (Å²) in [6.45, 7) is 0. The van der Waals surface area contributed by atoms with Gasteiger partial charge in [-0.3, -0.25) is 15.0 Å². The van der Waals surface area contributed by atoms with Crippen LogP contribution < -0.4 is 20.3 Å². The number of sulfonamides is 1. The molecule has 1 aromatic rings. The molecule has 3 N–H and O–H groups in total. The Balaban J connectivity index is 2.06. The van der Waals surface area contributed by atoms with E-state index < -0.39 is 21.8 Å². The first kappa shape index (κ1) is 16.7. The van der Waals surface area contributed by atoms with Crippen molar-refractivity contribution in [3.8, 4) is 5.75 Å². The van der Waals surface area contributed by atoms with Crippen molar-refractivity contribution in [1.29, 1.82) is 0 Å². The molecule has 120 valence electrons. The molecule has 10 heteroatoms. The molecule has 0 spiro atoms. The SMILES string of the molecule is COc1ccc(Br)cc1S(=O)(=O)NNC(=O)C(=O)NC1CC1. The zero-order valence-electron chi connectivity index (χ0n) is 11.6. The number of hydrogen-bond acceptors (Lipinski definition) is 5. The number of methoxy groups -OCH3 is 1. The van der Waals surface area contributed by atoms with Gasteiger partial charge in [0, 0.05) is 10.5 Å². The second-order valence-electron chi connectivity index (χ2n) is 4.60. The molecule has 2 rings (SSSR count). The van der Waals surface area contributed by atoms with E-state index in [-0.39, 0.29) is 16.7 Å². The predicted octanol–water partition coefficient (Wildman–Crippen LogP) is 0.0458. The Bertz CT molecular complexity index is 703. The van der Waals surface area contributed by atoms with Gasteiger partial charge < -0.3 is 10.1 Å². The van der Waals surface area contributed by atoms with E-state index in [1.165, 1.54) is 19.2 Å². The highest BCUT2D eigenvalue weighted by Crippen LogP contribution is 2.26. The van der Waals surface area contributed by atoms with Gasteiger partial charge in [0.1, 0.15) is 10.6 Å². The van der Waals surface area contributed by atoms with Crippen LogP contribution in [0.25, 0.3) is 0 Å². The van der Waals surface area contributed by atoms with Gasteiger partial charge in [-0.1, -0.05) is 15.9 Å². The predicted molar refractivity (Wildman–Crippen MR) is 80.3 cm³/mol. The Morgan fingerprint density at radius 2 is 1.95 bits per heavy atom. The largest absolute Gasteiger partial charge is 0.495 e. The first-order chi connectivity index (χ1) is 10.3. The second-order valence-corrected chi connectivity index (χ2v) is 7.17. The van der Waals surface area contributed by atoms with Gasteiger partial charge in [0.05, 0.1) is 7.11 Å². The van der Waals surface area contributed by atoms with Crippen molar-refractivity contribution in [3.05, 3.63) is 22.7 Å².